The fraction of sp³-hybridized carbons (Fsp3) is 0.0714. The third kappa shape index (κ3) is 3.55. The van der Waals surface area contributed by atoms with E-state index in [9.17, 15) is 4.79 Å². The molecule has 0 unspecified atom stereocenters. The minimum atomic E-state index is -0.0967. The predicted octanol–water partition coefficient (Wildman–Crippen LogP) is 4.61. The average molecular weight is 416 g/mol. The zero-order valence-corrected chi connectivity index (χ0v) is 13.4. The Morgan fingerprint density at radius 1 is 1.17 bits per heavy atom. The van der Waals surface area contributed by atoms with Crippen LogP contribution in [0.2, 0.25) is 0 Å². The van der Waals surface area contributed by atoms with Gasteiger partial charge in [-0.3, -0.25) is 4.79 Å². The van der Waals surface area contributed by atoms with Crippen molar-refractivity contribution in [2.75, 3.05) is 5.32 Å². The number of carbonyl (C=O) groups excluding carboxylic acids is 1. The highest BCUT2D eigenvalue weighted by Crippen LogP contribution is 2.17. The smallest absolute Gasteiger partial charge is 0.255 e. The van der Waals surface area contributed by atoms with Gasteiger partial charge in [-0.05, 0) is 77.5 Å². The first-order valence-corrected chi connectivity index (χ1v) is 7.26. The number of amides is 1. The Labute approximate surface area is 128 Å². The molecule has 92 valence electrons. The van der Waals surface area contributed by atoms with Crippen LogP contribution in [0.25, 0.3) is 0 Å². The van der Waals surface area contributed by atoms with E-state index in [1.165, 1.54) is 0 Å². The lowest BCUT2D eigenvalue weighted by atomic mass is 10.1. The number of rotatable bonds is 2. The van der Waals surface area contributed by atoms with E-state index in [1.807, 2.05) is 49.4 Å². The molecule has 18 heavy (non-hydrogen) atoms. The maximum Gasteiger partial charge on any atom is 0.255 e. The van der Waals surface area contributed by atoms with Crippen molar-refractivity contribution >= 4 is 50.1 Å². The molecule has 1 N–H and O–H groups in total. The molecular weight excluding hydrogens is 405 g/mol. The first-order chi connectivity index (χ1) is 8.54. The van der Waals surface area contributed by atoms with Crippen LogP contribution in [0.5, 0.6) is 0 Å². The summed E-state index contributed by atoms with van der Waals surface area (Å²) in [6.45, 7) is 1.96. The largest absolute Gasteiger partial charge is 0.322 e. The summed E-state index contributed by atoms with van der Waals surface area (Å²) in [6.07, 6.45) is 0. The third-order valence-electron chi connectivity index (χ3n) is 2.41. The van der Waals surface area contributed by atoms with Crippen molar-refractivity contribution < 1.29 is 4.79 Å². The van der Waals surface area contributed by atoms with E-state index in [1.54, 1.807) is 0 Å². The highest BCUT2D eigenvalue weighted by Gasteiger charge is 2.07. The van der Waals surface area contributed by atoms with Crippen molar-refractivity contribution in [2.45, 2.75) is 6.92 Å². The van der Waals surface area contributed by atoms with Gasteiger partial charge in [0.15, 0.2) is 0 Å². The van der Waals surface area contributed by atoms with Crippen molar-refractivity contribution in [1.29, 1.82) is 0 Å². The van der Waals surface area contributed by atoms with Crippen molar-refractivity contribution in [3.05, 3.63) is 61.6 Å². The van der Waals surface area contributed by atoms with Gasteiger partial charge in [-0.2, -0.15) is 0 Å². The second kappa shape index (κ2) is 5.84. The summed E-state index contributed by atoms with van der Waals surface area (Å²) in [6, 6.07) is 13.4. The summed E-state index contributed by atoms with van der Waals surface area (Å²) >= 11 is 5.63. The number of hydrogen-bond acceptors (Lipinski definition) is 1. The van der Waals surface area contributed by atoms with E-state index in [0.29, 0.717) is 5.56 Å². The van der Waals surface area contributed by atoms with Gasteiger partial charge in [-0.25, -0.2) is 0 Å². The van der Waals surface area contributed by atoms with Crippen LogP contribution >= 0.6 is 38.5 Å². The molecule has 4 heteroatoms. The summed E-state index contributed by atoms with van der Waals surface area (Å²) in [4.78, 5) is 12.1. The van der Waals surface area contributed by atoms with Gasteiger partial charge in [0.05, 0.1) is 0 Å². The number of anilines is 1. The topological polar surface area (TPSA) is 29.1 Å². The number of aryl methyl sites for hydroxylation is 1. The van der Waals surface area contributed by atoms with E-state index in [-0.39, 0.29) is 5.91 Å². The van der Waals surface area contributed by atoms with E-state index >= 15 is 0 Å². The minimum absolute atomic E-state index is 0.0967. The Morgan fingerprint density at radius 2 is 1.83 bits per heavy atom. The third-order valence-corrected chi connectivity index (χ3v) is 3.58. The minimum Gasteiger partial charge on any atom is -0.322 e. The number of hydrogen-bond donors (Lipinski definition) is 1. The molecule has 0 aliphatic rings. The fourth-order valence-electron chi connectivity index (χ4n) is 1.60. The second-order valence-electron chi connectivity index (χ2n) is 3.98. The van der Waals surface area contributed by atoms with Crippen LogP contribution in [-0.4, -0.2) is 5.91 Å². The van der Waals surface area contributed by atoms with Gasteiger partial charge < -0.3 is 5.32 Å². The van der Waals surface area contributed by atoms with Crippen molar-refractivity contribution in [1.82, 2.24) is 0 Å². The SMILES string of the molecule is Cc1cc(Br)cc(C(=O)Nc2ccc(I)cc2)c1. The van der Waals surface area contributed by atoms with Crippen LogP contribution in [0, 0.1) is 10.5 Å². The molecule has 0 heterocycles. The number of benzene rings is 2. The molecule has 0 saturated heterocycles. The normalized spacial score (nSPS) is 10.2. The van der Waals surface area contributed by atoms with E-state index in [0.717, 1.165) is 19.3 Å². The van der Waals surface area contributed by atoms with Crippen molar-refractivity contribution in [3.63, 3.8) is 0 Å². The number of halogens is 2. The van der Waals surface area contributed by atoms with E-state index in [4.69, 9.17) is 0 Å². The standard InChI is InChI=1S/C14H11BrINO/c1-9-6-10(8-11(15)7-9)14(18)17-13-4-2-12(16)3-5-13/h2-8H,1H3,(H,17,18). The van der Waals surface area contributed by atoms with Crippen LogP contribution in [0.3, 0.4) is 0 Å². The van der Waals surface area contributed by atoms with Crippen molar-refractivity contribution in [2.24, 2.45) is 0 Å². The van der Waals surface area contributed by atoms with Gasteiger partial charge >= 0.3 is 0 Å². The van der Waals surface area contributed by atoms with Gasteiger partial charge in [0.2, 0.25) is 0 Å². The number of nitrogens with one attached hydrogen (secondary N) is 1. The molecule has 0 spiro atoms. The molecule has 0 aliphatic heterocycles. The molecule has 1 amide bonds. The Bertz CT molecular complexity index is 561. The zero-order valence-electron chi connectivity index (χ0n) is 9.71. The van der Waals surface area contributed by atoms with Gasteiger partial charge in [0, 0.05) is 19.3 Å². The fourth-order valence-corrected chi connectivity index (χ4v) is 2.57. The van der Waals surface area contributed by atoms with Gasteiger partial charge in [0.1, 0.15) is 0 Å². The van der Waals surface area contributed by atoms with Gasteiger partial charge in [-0.1, -0.05) is 15.9 Å². The summed E-state index contributed by atoms with van der Waals surface area (Å²) in [7, 11) is 0. The van der Waals surface area contributed by atoms with Crippen LogP contribution in [0.1, 0.15) is 15.9 Å². The molecule has 0 aromatic heterocycles. The van der Waals surface area contributed by atoms with Crippen molar-refractivity contribution in [3.8, 4) is 0 Å². The first-order valence-electron chi connectivity index (χ1n) is 5.39. The molecule has 0 fully saturated rings. The zero-order chi connectivity index (χ0) is 13.1. The van der Waals surface area contributed by atoms with Crippen LogP contribution in [0.15, 0.2) is 46.9 Å². The summed E-state index contributed by atoms with van der Waals surface area (Å²) in [5.74, 6) is -0.0967. The second-order valence-corrected chi connectivity index (χ2v) is 6.14. The van der Waals surface area contributed by atoms with Crippen LogP contribution < -0.4 is 5.32 Å². The highest BCUT2D eigenvalue weighted by molar-refractivity contribution is 14.1. The first kappa shape index (κ1) is 13.5. The lowest BCUT2D eigenvalue weighted by Gasteiger charge is -2.06. The molecule has 0 atom stereocenters. The molecular formula is C14H11BrINO. The van der Waals surface area contributed by atoms with Crippen LogP contribution in [-0.2, 0) is 0 Å². The molecule has 2 aromatic rings. The number of carbonyl (C=O) groups is 1. The summed E-state index contributed by atoms with van der Waals surface area (Å²) in [5, 5.41) is 2.88. The maximum absolute atomic E-state index is 12.1. The molecule has 0 bridgehead atoms. The van der Waals surface area contributed by atoms with E-state index in [2.05, 4.69) is 43.8 Å². The monoisotopic (exact) mass is 415 g/mol. The Hall–Kier alpha value is -0.880. The lowest BCUT2D eigenvalue weighted by Crippen LogP contribution is -2.12. The molecule has 2 aromatic carbocycles. The Kier molecular flexibility index (Phi) is 4.40. The highest BCUT2D eigenvalue weighted by atomic mass is 127. The van der Waals surface area contributed by atoms with Gasteiger partial charge in [-0.15, -0.1) is 0 Å². The average Bonchev–Trinajstić information content (AvgIpc) is 2.31. The summed E-state index contributed by atoms with van der Waals surface area (Å²) in [5.41, 5.74) is 2.51. The van der Waals surface area contributed by atoms with Gasteiger partial charge in [0.25, 0.3) is 5.91 Å². The quantitative estimate of drug-likeness (QED) is 0.712. The molecule has 0 saturated carbocycles. The van der Waals surface area contributed by atoms with E-state index < -0.39 is 0 Å². The maximum atomic E-state index is 12.1. The Morgan fingerprint density at radius 3 is 2.44 bits per heavy atom. The molecule has 2 rings (SSSR count). The van der Waals surface area contributed by atoms with Crippen LogP contribution in [0.4, 0.5) is 5.69 Å². The summed E-state index contributed by atoms with van der Waals surface area (Å²) < 4.78 is 2.05. The molecule has 0 aliphatic carbocycles. The Balaban J connectivity index is 2.19. The lowest BCUT2D eigenvalue weighted by molar-refractivity contribution is 0.102. The molecule has 2 nitrogen and oxygen atoms in total. The molecule has 0 radical (unpaired) electrons. The predicted molar refractivity (Wildman–Crippen MR) is 86.0 cm³/mol.